The third kappa shape index (κ3) is 6.64. The van der Waals surface area contributed by atoms with Crippen molar-refractivity contribution in [3.05, 3.63) is 77.6 Å². The van der Waals surface area contributed by atoms with Crippen molar-refractivity contribution < 1.29 is 39.6 Å². The van der Waals surface area contributed by atoms with Gasteiger partial charge in [0.15, 0.2) is 5.78 Å². The van der Waals surface area contributed by atoms with Gasteiger partial charge in [0.1, 0.15) is 34.0 Å². The Morgan fingerprint density at radius 2 is 1.22 bits per heavy atom. The molecule has 0 fully saturated rings. The number of carboxylic acids is 2. The molecule has 45 heavy (non-hydrogen) atoms. The number of aromatic nitrogens is 7. The van der Waals surface area contributed by atoms with E-state index >= 15 is 0 Å². The number of Topliss-reactive ketones (excluding diaryl/α,β-unsaturated/α-hetero) is 1. The normalized spacial score (nSPS) is 10.9. The van der Waals surface area contributed by atoms with Gasteiger partial charge in [0.05, 0.1) is 35.2 Å². The monoisotopic (exact) mass is 612 g/mol. The quantitative estimate of drug-likeness (QED) is 0.107. The van der Waals surface area contributed by atoms with Crippen LogP contribution in [0.4, 0.5) is 0 Å². The number of nitrogens with one attached hydrogen (secondary N) is 1. The van der Waals surface area contributed by atoms with Crippen molar-refractivity contribution in [1.82, 2.24) is 40.3 Å². The van der Waals surface area contributed by atoms with Gasteiger partial charge in [-0.1, -0.05) is 10.4 Å². The van der Waals surface area contributed by atoms with E-state index < -0.39 is 23.4 Å². The Labute approximate surface area is 253 Å². The Morgan fingerprint density at radius 3 is 1.64 bits per heavy atom. The van der Waals surface area contributed by atoms with E-state index in [0.29, 0.717) is 24.3 Å². The molecule has 0 aliphatic rings. The molecule has 0 radical (unpaired) electrons. The number of benzene rings is 2. The molecule has 0 aliphatic heterocycles. The second kappa shape index (κ2) is 12.4. The van der Waals surface area contributed by atoms with E-state index in [1.807, 2.05) is 0 Å². The van der Waals surface area contributed by atoms with Gasteiger partial charge in [0.2, 0.25) is 5.91 Å². The predicted molar refractivity (Wildman–Crippen MR) is 154 cm³/mol. The molecule has 5 N–H and O–H groups in total. The zero-order chi connectivity index (χ0) is 32.2. The van der Waals surface area contributed by atoms with Gasteiger partial charge < -0.3 is 25.7 Å². The van der Waals surface area contributed by atoms with Crippen molar-refractivity contribution in [3.8, 4) is 45.6 Å². The van der Waals surface area contributed by atoms with E-state index in [2.05, 4.69) is 30.9 Å². The molecule has 0 unspecified atom stereocenters. The van der Waals surface area contributed by atoms with Crippen LogP contribution in [0.1, 0.15) is 50.8 Å². The lowest BCUT2D eigenvalue weighted by atomic mass is 10.0. The highest BCUT2D eigenvalue weighted by atomic mass is 16.4. The summed E-state index contributed by atoms with van der Waals surface area (Å²) in [5.74, 6) is -3.96. The summed E-state index contributed by atoms with van der Waals surface area (Å²) < 4.78 is 2.60. The third-order valence-corrected chi connectivity index (χ3v) is 6.57. The topological polar surface area (TPSA) is 236 Å². The van der Waals surface area contributed by atoms with E-state index in [-0.39, 0.29) is 57.6 Å². The molecule has 0 aliphatic carbocycles. The van der Waals surface area contributed by atoms with Crippen LogP contribution in [0.5, 0.6) is 11.5 Å². The largest absolute Gasteiger partial charge is 0.507 e. The molecular formula is C29H24N8O8. The lowest BCUT2D eigenvalue weighted by Crippen LogP contribution is -2.21. The Balaban J connectivity index is 1.50. The minimum atomic E-state index is -1.29. The molecule has 16 heteroatoms. The van der Waals surface area contributed by atoms with Gasteiger partial charge >= 0.3 is 11.9 Å². The summed E-state index contributed by atoms with van der Waals surface area (Å²) >= 11 is 0. The van der Waals surface area contributed by atoms with Crippen molar-refractivity contribution in [3.63, 3.8) is 0 Å². The average Bonchev–Trinajstić information content (AvgIpc) is 3.70. The molecule has 2 aromatic carbocycles. The first-order valence-electron chi connectivity index (χ1n) is 13.3. The van der Waals surface area contributed by atoms with Gasteiger partial charge in [0.25, 0.3) is 0 Å². The summed E-state index contributed by atoms with van der Waals surface area (Å²) in [7, 11) is 0. The maximum absolute atomic E-state index is 13.2. The minimum Gasteiger partial charge on any atom is -0.507 e. The molecule has 5 aromatic rings. The molecule has 5 rings (SSSR count). The smallest absolute Gasteiger partial charge is 0.339 e. The van der Waals surface area contributed by atoms with Crippen molar-refractivity contribution >= 4 is 23.6 Å². The summed E-state index contributed by atoms with van der Waals surface area (Å²) in [5.41, 5.74) is 1.33. The number of hydrogen-bond donors (Lipinski definition) is 5. The van der Waals surface area contributed by atoms with Crippen molar-refractivity contribution in [2.45, 2.75) is 19.8 Å². The number of carboxylic acid groups (broad SMARTS) is 2. The van der Waals surface area contributed by atoms with Gasteiger partial charge in [-0.3, -0.25) is 9.59 Å². The molecule has 3 heterocycles. The molecule has 0 spiro atoms. The van der Waals surface area contributed by atoms with Crippen LogP contribution in [0.15, 0.2) is 60.9 Å². The van der Waals surface area contributed by atoms with E-state index in [4.69, 9.17) is 0 Å². The van der Waals surface area contributed by atoms with Crippen LogP contribution in [0.2, 0.25) is 0 Å². The minimum absolute atomic E-state index is 0.118. The highest BCUT2D eigenvalue weighted by Gasteiger charge is 2.18. The molecule has 16 nitrogen and oxygen atoms in total. The number of carbonyl (C=O) groups is 4. The zero-order valence-corrected chi connectivity index (χ0v) is 23.4. The maximum atomic E-state index is 13.2. The summed E-state index contributed by atoms with van der Waals surface area (Å²) in [6, 6.07) is 10.8. The van der Waals surface area contributed by atoms with Crippen molar-refractivity contribution in [2.24, 2.45) is 0 Å². The number of amides is 1. The SMILES string of the molecule is CC(=O)NCCCC(=O)c1cc(-c2cn(-c3ccc(C(=O)O)c(O)c3)nn2)nc(-c2cn(-c3ccc(C(=O)O)c(O)c3)nn2)c1. The molecule has 0 saturated carbocycles. The van der Waals surface area contributed by atoms with Crippen molar-refractivity contribution in [2.75, 3.05) is 6.54 Å². The molecule has 3 aromatic heterocycles. The van der Waals surface area contributed by atoms with Gasteiger partial charge in [-0.15, -0.1) is 10.2 Å². The number of ketones is 1. The van der Waals surface area contributed by atoms with Crippen LogP contribution in [-0.2, 0) is 4.79 Å². The van der Waals surface area contributed by atoms with Gasteiger partial charge in [0, 0.05) is 37.6 Å². The highest BCUT2D eigenvalue weighted by molar-refractivity contribution is 5.98. The van der Waals surface area contributed by atoms with E-state index in [1.165, 1.54) is 77.2 Å². The molecular weight excluding hydrogens is 588 g/mol. The summed E-state index contributed by atoms with van der Waals surface area (Å²) in [4.78, 5) is 51.5. The van der Waals surface area contributed by atoms with E-state index in [1.54, 1.807) is 0 Å². The Hall–Kier alpha value is -6.45. The van der Waals surface area contributed by atoms with Crippen LogP contribution >= 0.6 is 0 Å². The Bertz CT molecular complexity index is 1850. The molecule has 0 atom stereocenters. The first kappa shape index (κ1) is 30.0. The number of aromatic carboxylic acids is 2. The average molecular weight is 613 g/mol. The van der Waals surface area contributed by atoms with Gasteiger partial charge in [-0.2, -0.15) is 0 Å². The molecule has 0 bridgehead atoms. The zero-order valence-electron chi connectivity index (χ0n) is 23.4. The van der Waals surface area contributed by atoms with Crippen LogP contribution in [-0.4, -0.2) is 85.6 Å². The second-order valence-electron chi connectivity index (χ2n) is 9.75. The number of phenols is 2. The number of nitrogens with zero attached hydrogens (tertiary/aromatic N) is 7. The van der Waals surface area contributed by atoms with Crippen LogP contribution in [0, 0.1) is 0 Å². The number of carbonyl (C=O) groups excluding carboxylic acids is 2. The van der Waals surface area contributed by atoms with Crippen LogP contribution < -0.4 is 5.32 Å². The van der Waals surface area contributed by atoms with E-state index in [0.717, 1.165) is 0 Å². The lowest BCUT2D eigenvalue weighted by molar-refractivity contribution is -0.118. The second-order valence-corrected chi connectivity index (χ2v) is 9.75. The summed E-state index contributed by atoms with van der Waals surface area (Å²) in [5, 5.41) is 57.6. The van der Waals surface area contributed by atoms with Crippen LogP contribution in [0.3, 0.4) is 0 Å². The maximum Gasteiger partial charge on any atom is 0.339 e. The number of aromatic hydroxyl groups is 2. The fraction of sp³-hybridized carbons (Fsp3) is 0.138. The Morgan fingerprint density at radius 1 is 0.733 bits per heavy atom. The third-order valence-electron chi connectivity index (χ3n) is 6.57. The van der Waals surface area contributed by atoms with Crippen molar-refractivity contribution in [1.29, 1.82) is 0 Å². The standard InChI is InChI=1S/C29H24N8O8/c1-15(38)30-8-2-3-25(39)16-9-21(23-13-36(34-32-23)17-4-6-19(28(42)43)26(40)11-17)31-22(10-16)24-14-37(35-33-24)18-5-7-20(29(44)45)27(41)12-18/h4-7,9-14,40-41H,2-3,8H2,1H3,(H,30,38)(H,42,43)(H,44,45). The first-order chi connectivity index (χ1) is 21.5. The summed E-state index contributed by atoms with van der Waals surface area (Å²) in [6.45, 7) is 1.70. The number of pyridine rings is 1. The first-order valence-corrected chi connectivity index (χ1v) is 13.3. The van der Waals surface area contributed by atoms with Gasteiger partial charge in [-0.05, 0) is 42.8 Å². The Kier molecular flexibility index (Phi) is 8.29. The molecule has 228 valence electrons. The molecule has 1 amide bonds. The molecule has 0 saturated heterocycles. The van der Waals surface area contributed by atoms with Crippen LogP contribution in [0.25, 0.3) is 34.2 Å². The van der Waals surface area contributed by atoms with Gasteiger partial charge in [-0.25, -0.2) is 23.9 Å². The predicted octanol–water partition coefficient (Wildman–Crippen LogP) is 2.48. The fourth-order valence-electron chi connectivity index (χ4n) is 4.31. The number of hydrogen-bond acceptors (Lipinski definition) is 11. The highest BCUT2D eigenvalue weighted by Crippen LogP contribution is 2.27. The summed E-state index contributed by atoms with van der Waals surface area (Å²) in [6.07, 6.45) is 3.47. The number of rotatable bonds is 11. The van der Waals surface area contributed by atoms with E-state index in [9.17, 15) is 39.6 Å². The lowest BCUT2D eigenvalue weighted by Gasteiger charge is -2.07. The fourth-order valence-corrected chi connectivity index (χ4v) is 4.31.